The second kappa shape index (κ2) is 3.52. The number of aromatic nitrogens is 2. The van der Waals surface area contributed by atoms with Gasteiger partial charge in [-0.05, 0) is 18.2 Å². The van der Waals surface area contributed by atoms with Crippen molar-refractivity contribution in [2.75, 3.05) is 0 Å². The van der Waals surface area contributed by atoms with Gasteiger partial charge in [-0.1, -0.05) is 27.5 Å². The summed E-state index contributed by atoms with van der Waals surface area (Å²) >= 11 is 9.30. The van der Waals surface area contributed by atoms with Crippen LogP contribution in [0, 0.1) is 0 Å². The number of aromatic amines is 1. The monoisotopic (exact) mass is 256 g/mol. The van der Waals surface area contributed by atoms with Crippen molar-refractivity contribution in [3.05, 3.63) is 40.1 Å². The zero-order valence-corrected chi connectivity index (χ0v) is 8.93. The Kier molecular flexibility index (Phi) is 2.38. The lowest BCUT2D eigenvalue weighted by Gasteiger charge is -2.00. The van der Waals surface area contributed by atoms with Gasteiger partial charge in [0.1, 0.15) is 5.82 Å². The van der Waals surface area contributed by atoms with E-state index in [0.29, 0.717) is 5.02 Å². The average Bonchev–Trinajstić information content (AvgIpc) is 2.61. The van der Waals surface area contributed by atoms with Gasteiger partial charge in [-0.25, -0.2) is 4.98 Å². The van der Waals surface area contributed by atoms with E-state index in [4.69, 9.17) is 11.6 Å². The van der Waals surface area contributed by atoms with Crippen molar-refractivity contribution >= 4 is 27.5 Å². The van der Waals surface area contributed by atoms with Gasteiger partial charge in [0.15, 0.2) is 0 Å². The summed E-state index contributed by atoms with van der Waals surface area (Å²) in [4.78, 5) is 7.17. The third-order valence-corrected chi connectivity index (χ3v) is 2.61. The lowest BCUT2D eigenvalue weighted by atomic mass is 10.2. The predicted octanol–water partition coefficient (Wildman–Crippen LogP) is 3.49. The molecule has 0 saturated heterocycles. The van der Waals surface area contributed by atoms with E-state index in [2.05, 4.69) is 25.9 Å². The number of imidazole rings is 1. The molecule has 0 atom stereocenters. The molecule has 1 aromatic heterocycles. The third-order valence-electron chi connectivity index (χ3n) is 1.68. The molecule has 1 aromatic carbocycles. The third kappa shape index (κ3) is 1.76. The molecule has 0 fully saturated rings. The zero-order valence-electron chi connectivity index (χ0n) is 6.59. The molecule has 0 aliphatic rings. The fourth-order valence-corrected chi connectivity index (χ4v) is 1.70. The van der Waals surface area contributed by atoms with Gasteiger partial charge in [0.2, 0.25) is 0 Å². The highest BCUT2D eigenvalue weighted by molar-refractivity contribution is 9.10. The van der Waals surface area contributed by atoms with Crippen LogP contribution < -0.4 is 0 Å². The molecule has 0 bridgehead atoms. The molecule has 4 heteroatoms. The quantitative estimate of drug-likeness (QED) is 0.832. The van der Waals surface area contributed by atoms with E-state index in [1.807, 2.05) is 18.2 Å². The molecule has 0 aliphatic heterocycles. The number of hydrogen-bond donors (Lipinski definition) is 1. The SMILES string of the molecule is Clc1ccc(Br)c(-c2ncc[nH]2)c1. The molecular weight excluding hydrogens is 251 g/mol. The summed E-state index contributed by atoms with van der Waals surface area (Å²) in [6.45, 7) is 0. The van der Waals surface area contributed by atoms with Gasteiger partial charge in [0.25, 0.3) is 0 Å². The van der Waals surface area contributed by atoms with Gasteiger partial charge in [0, 0.05) is 27.5 Å². The minimum absolute atomic E-state index is 0.703. The van der Waals surface area contributed by atoms with Crippen LogP contribution in [-0.4, -0.2) is 9.97 Å². The van der Waals surface area contributed by atoms with Crippen molar-refractivity contribution in [2.24, 2.45) is 0 Å². The minimum atomic E-state index is 0.703. The number of nitrogens with one attached hydrogen (secondary N) is 1. The van der Waals surface area contributed by atoms with Crippen molar-refractivity contribution in [3.8, 4) is 11.4 Å². The van der Waals surface area contributed by atoms with Crippen LogP contribution in [0.3, 0.4) is 0 Å². The Morgan fingerprint density at radius 2 is 2.23 bits per heavy atom. The highest BCUT2D eigenvalue weighted by atomic mass is 79.9. The van der Waals surface area contributed by atoms with Crippen molar-refractivity contribution in [2.45, 2.75) is 0 Å². The number of benzene rings is 1. The van der Waals surface area contributed by atoms with Crippen molar-refractivity contribution in [3.63, 3.8) is 0 Å². The van der Waals surface area contributed by atoms with E-state index >= 15 is 0 Å². The van der Waals surface area contributed by atoms with Crippen LogP contribution in [0.2, 0.25) is 5.02 Å². The van der Waals surface area contributed by atoms with Crippen LogP contribution in [-0.2, 0) is 0 Å². The fraction of sp³-hybridized carbons (Fsp3) is 0. The van der Waals surface area contributed by atoms with E-state index in [-0.39, 0.29) is 0 Å². The van der Waals surface area contributed by atoms with E-state index in [1.54, 1.807) is 12.4 Å². The Balaban J connectivity index is 2.57. The van der Waals surface area contributed by atoms with Crippen LogP contribution in [0.15, 0.2) is 35.1 Å². The Hall–Kier alpha value is -0.800. The predicted molar refractivity (Wildman–Crippen MR) is 56.7 cm³/mol. The van der Waals surface area contributed by atoms with Gasteiger partial charge in [0.05, 0.1) is 0 Å². The highest BCUT2D eigenvalue weighted by Crippen LogP contribution is 2.28. The molecular formula is C9H6BrClN2. The molecule has 66 valence electrons. The number of halogens is 2. The lowest BCUT2D eigenvalue weighted by Crippen LogP contribution is -1.81. The Labute approximate surface area is 89.1 Å². The highest BCUT2D eigenvalue weighted by Gasteiger charge is 2.04. The Morgan fingerprint density at radius 3 is 2.92 bits per heavy atom. The largest absolute Gasteiger partial charge is 0.345 e. The zero-order chi connectivity index (χ0) is 9.26. The smallest absolute Gasteiger partial charge is 0.138 e. The molecule has 1 heterocycles. The molecule has 0 saturated carbocycles. The lowest BCUT2D eigenvalue weighted by molar-refractivity contribution is 1.30. The minimum Gasteiger partial charge on any atom is -0.345 e. The number of H-pyrrole nitrogens is 1. The van der Waals surface area contributed by atoms with E-state index < -0.39 is 0 Å². The summed E-state index contributed by atoms with van der Waals surface area (Å²) in [6.07, 6.45) is 3.49. The van der Waals surface area contributed by atoms with Crippen LogP contribution in [0.4, 0.5) is 0 Å². The molecule has 0 unspecified atom stereocenters. The molecule has 13 heavy (non-hydrogen) atoms. The summed E-state index contributed by atoms with van der Waals surface area (Å²) in [7, 11) is 0. The van der Waals surface area contributed by atoms with Crippen LogP contribution in [0.1, 0.15) is 0 Å². The van der Waals surface area contributed by atoms with Crippen molar-refractivity contribution < 1.29 is 0 Å². The van der Waals surface area contributed by atoms with Gasteiger partial charge < -0.3 is 4.98 Å². The number of hydrogen-bond acceptors (Lipinski definition) is 1. The summed E-state index contributed by atoms with van der Waals surface area (Å²) in [6, 6.07) is 5.60. The molecule has 0 aliphatic carbocycles. The molecule has 0 amide bonds. The average molecular weight is 258 g/mol. The van der Waals surface area contributed by atoms with Crippen molar-refractivity contribution in [1.29, 1.82) is 0 Å². The fourth-order valence-electron chi connectivity index (χ4n) is 1.09. The molecule has 0 radical (unpaired) electrons. The first-order valence-corrected chi connectivity index (χ1v) is 4.89. The van der Waals surface area contributed by atoms with Gasteiger partial charge in [-0.2, -0.15) is 0 Å². The molecule has 0 spiro atoms. The van der Waals surface area contributed by atoms with Crippen LogP contribution in [0.5, 0.6) is 0 Å². The molecule has 2 rings (SSSR count). The molecule has 2 aromatic rings. The van der Waals surface area contributed by atoms with Crippen LogP contribution in [0.25, 0.3) is 11.4 Å². The summed E-state index contributed by atoms with van der Waals surface area (Å²) < 4.78 is 0.979. The van der Waals surface area contributed by atoms with Gasteiger partial charge >= 0.3 is 0 Å². The Morgan fingerprint density at radius 1 is 1.38 bits per heavy atom. The first kappa shape index (κ1) is 8.78. The van der Waals surface area contributed by atoms with Gasteiger partial charge in [-0.3, -0.25) is 0 Å². The normalized spacial score (nSPS) is 10.3. The van der Waals surface area contributed by atoms with Gasteiger partial charge in [-0.15, -0.1) is 0 Å². The van der Waals surface area contributed by atoms with Crippen LogP contribution >= 0.6 is 27.5 Å². The standard InChI is InChI=1S/C9H6BrClN2/c10-8-2-1-6(11)5-7(8)9-12-3-4-13-9/h1-5H,(H,12,13). The maximum Gasteiger partial charge on any atom is 0.138 e. The van der Waals surface area contributed by atoms with Crippen molar-refractivity contribution in [1.82, 2.24) is 9.97 Å². The number of rotatable bonds is 1. The second-order valence-corrected chi connectivity index (χ2v) is 3.85. The first-order valence-electron chi connectivity index (χ1n) is 3.72. The molecule has 1 N–H and O–H groups in total. The second-order valence-electron chi connectivity index (χ2n) is 2.56. The Bertz CT molecular complexity index is 412. The summed E-state index contributed by atoms with van der Waals surface area (Å²) in [5, 5.41) is 0.703. The topological polar surface area (TPSA) is 28.7 Å². The maximum absolute atomic E-state index is 5.87. The maximum atomic E-state index is 5.87. The summed E-state index contributed by atoms with van der Waals surface area (Å²) in [5.74, 6) is 0.814. The summed E-state index contributed by atoms with van der Waals surface area (Å²) in [5.41, 5.74) is 0.970. The number of nitrogens with zero attached hydrogens (tertiary/aromatic N) is 1. The molecule has 2 nitrogen and oxygen atoms in total. The van der Waals surface area contributed by atoms with E-state index in [0.717, 1.165) is 15.9 Å². The van der Waals surface area contributed by atoms with E-state index in [1.165, 1.54) is 0 Å². The van der Waals surface area contributed by atoms with E-state index in [9.17, 15) is 0 Å². The first-order chi connectivity index (χ1) is 6.27.